The molecule has 2 bridgehead atoms. The second kappa shape index (κ2) is 13.9. The summed E-state index contributed by atoms with van der Waals surface area (Å²) in [7, 11) is 0. The Morgan fingerprint density at radius 1 is 0.938 bits per heavy atom. The van der Waals surface area contributed by atoms with Gasteiger partial charge in [-0.3, -0.25) is 4.79 Å². The van der Waals surface area contributed by atoms with E-state index in [1.807, 2.05) is 13.8 Å². The summed E-state index contributed by atoms with van der Waals surface area (Å²) in [5, 5.41) is 19.3. The average molecular weight is 456 g/mol. The van der Waals surface area contributed by atoms with Crippen LogP contribution < -0.4 is 0 Å². The third-order valence-electron chi connectivity index (χ3n) is 7.96. The third kappa shape index (κ3) is 8.95. The van der Waals surface area contributed by atoms with Crippen molar-refractivity contribution in [1.29, 1.82) is 0 Å². The minimum Gasteiger partial charge on any atom is -0.466 e. The number of nitrogens with zero attached hydrogens (tertiary/aromatic N) is 1. The Labute approximate surface area is 198 Å². The van der Waals surface area contributed by atoms with E-state index < -0.39 is 0 Å². The van der Waals surface area contributed by atoms with Gasteiger partial charge in [0.15, 0.2) is 0 Å². The number of carbonyl (C=O) groups is 1. The third-order valence-corrected chi connectivity index (χ3v) is 7.96. The first-order chi connectivity index (χ1) is 15.2. The number of rotatable bonds is 13. The summed E-state index contributed by atoms with van der Waals surface area (Å²) >= 11 is 0. The van der Waals surface area contributed by atoms with E-state index in [-0.39, 0.29) is 35.4 Å². The van der Waals surface area contributed by atoms with Crippen LogP contribution in [0.4, 0.5) is 0 Å². The fourth-order valence-corrected chi connectivity index (χ4v) is 7.02. The van der Waals surface area contributed by atoms with Gasteiger partial charge < -0.3 is 19.8 Å². The van der Waals surface area contributed by atoms with Gasteiger partial charge in [-0.15, -0.1) is 0 Å². The number of aliphatic hydroxyl groups is 2. The lowest BCUT2D eigenvalue weighted by Crippen LogP contribution is -2.48. The second-order valence-corrected chi connectivity index (χ2v) is 11.0. The molecule has 4 unspecified atom stereocenters. The van der Waals surface area contributed by atoms with Gasteiger partial charge in [0.2, 0.25) is 0 Å². The van der Waals surface area contributed by atoms with E-state index in [4.69, 9.17) is 4.74 Å². The molecule has 0 aliphatic heterocycles. The Morgan fingerprint density at radius 3 is 2.03 bits per heavy atom. The van der Waals surface area contributed by atoms with Crippen LogP contribution in [0.5, 0.6) is 0 Å². The van der Waals surface area contributed by atoms with Crippen molar-refractivity contribution in [2.45, 2.75) is 106 Å². The van der Waals surface area contributed by atoms with Crippen LogP contribution >= 0.6 is 0 Å². The molecule has 0 amide bonds. The highest BCUT2D eigenvalue weighted by molar-refractivity contribution is 5.69. The van der Waals surface area contributed by atoms with Gasteiger partial charge in [0.25, 0.3) is 0 Å². The molecule has 32 heavy (non-hydrogen) atoms. The molecule has 2 saturated carbocycles. The molecular weight excluding hydrogens is 402 g/mol. The predicted molar refractivity (Wildman–Crippen MR) is 133 cm³/mol. The molecule has 0 aromatic carbocycles. The van der Waals surface area contributed by atoms with Crippen molar-refractivity contribution in [3.05, 3.63) is 0 Å². The van der Waals surface area contributed by atoms with Gasteiger partial charge in [0, 0.05) is 19.6 Å². The molecule has 5 nitrogen and oxygen atoms in total. The van der Waals surface area contributed by atoms with Crippen molar-refractivity contribution in [1.82, 2.24) is 4.90 Å². The molecule has 0 saturated heterocycles. The largest absolute Gasteiger partial charge is 0.466 e. The van der Waals surface area contributed by atoms with Gasteiger partial charge in [0.1, 0.15) is 0 Å². The van der Waals surface area contributed by atoms with Gasteiger partial charge >= 0.3 is 5.97 Å². The molecule has 2 aliphatic rings. The Kier molecular flexibility index (Phi) is 12.8. The SMILES string of the molecule is CC.CCN(CC)CCCC(=O)OCCC1(C)CC2CC(C)(CCO)CC(CCO)(C2)C1. The number of carbonyl (C=O) groups excluding carboxylic acids is 1. The van der Waals surface area contributed by atoms with Crippen molar-refractivity contribution in [2.75, 3.05) is 39.5 Å². The maximum Gasteiger partial charge on any atom is 0.305 e. The first-order valence-corrected chi connectivity index (χ1v) is 13.3. The summed E-state index contributed by atoms with van der Waals surface area (Å²) in [4.78, 5) is 14.5. The van der Waals surface area contributed by atoms with E-state index in [9.17, 15) is 15.0 Å². The minimum absolute atomic E-state index is 0.0673. The quantitative estimate of drug-likeness (QED) is 0.363. The van der Waals surface area contributed by atoms with E-state index in [0.717, 1.165) is 58.2 Å². The molecule has 0 spiro atoms. The maximum absolute atomic E-state index is 12.2. The normalized spacial score (nSPS) is 31.7. The van der Waals surface area contributed by atoms with Gasteiger partial charge in [0.05, 0.1) is 6.61 Å². The van der Waals surface area contributed by atoms with E-state index in [1.54, 1.807) is 0 Å². The fourth-order valence-electron chi connectivity index (χ4n) is 7.02. The molecule has 4 atom stereocenters. The first-order valence-electron chi connectivity index (χ1n) is 13.3. The van der Waals surface area contributed by atoms with Crippen LogP contribution in [-0.4, -0.2) is 60.5 Å². The molecule has 2 rings (SSSR count). The lowest BCUT2D eigenvalue weighted by atomic mass is 9.47. The summed E-state index contributed by atoms with van der Waals surface area (Å²) in [6.07, 6.45) is 9.72. The number of hydrogen-bond acceptors (Lipinski definition) is 5. The monoisotopic (exact) mass is 455 g/mol. The molecule has 190 valence electrons. The minimum atomic E-state index is -0.0673. The van der Waals surface area contributed by atoms with Crippen LogP contribution in [0.3, 0.4) is 0 Å². The van der Waals surface area contributed by atoms with Crippen molar-refractivity contribution < 1.29 is 19.7 Å². The summed E-state index contributed by atoms with van der Waals surface area (Å²) < 4.78 is 5.61. The van der Waals surface area contributed by atoms with Crippen molar-refractivity contribution in [3.8, 4) is 0 Å². The van der Waals surface area contributed by atoms with Crippen molar-refractivity contribution in [2.24, 2.45) is 22.2 Å². The van der Waals surface area contributed by atoms with Crippen LogP contribution in [0.1, 0.15) is 106 Å². The number of ether oxygens (including phenoxy) is 1. The zero-order valence-corrected chi connectivity index (χ0v) is 22.0. The topological polar surface area (TPSA) is 70.0 Å². The maximum atomic E-state index is 12.2. The zero-order chi connectivity index (χ0) is 24.3. The van der Waals surface area contributed by atoms with Crippen molar-refractivity contribution >= 4 is 5.97 Å². The highest BCUT2D eigenvalue weighted by Gasteiger charge is 2.52. The summed E-state index contributed by atoms with van der Waals surface area (Å²) in [5.41, 5.74) is 0.522. The number of fused-ring (bicyclic) bond motifs is 2. The van der Waals surface area contributed by atoms with Crippen LogP contribution in [-0.2, 0) is 9.53 Å². The summed E-state index contributed by atoms with van der Waals surface area (Å²) in [6.45, 7) is 17.0. The van der Waals surface area contributed by atoms with Gasteiger partial charge in [-0.05, 0) is 99.6 Å². The number of aliphatic hydroxyl groups excluding tert-OH is 2. The Morgan fingerprint density at radius 2 is 1.50 bits per heavy atom. The molecule has 2 N–H and O–H groups in total. The molecule has 0 heterocycles. The second-order valence-electron chi connectivity index (χ2n) is 11.0. The highest BCUT2D eigenvalue weighted by atomic mass is 16.5. The standard InChI is InChI=1S/C25H47NO4.C2H6/c1-5-26(6-2)12-7-8-22(29)30-15-11-24(4)17-21-16-23(3,9-13-27)19-25(18-21,20-24)10-14-28;1-2/h21,27-28H,5-20H2,1-4H3;1-2H3. The zero-order valence-electron chi connectivity index (χ0n) is 22.0. The smallest absolute Gasteiger partial charge is 0.305 e. The van der Waals surface area contributed by atoms with E-state index in [2.05, 4.69) is 32.6 Å². The van der Waals surface area contributed by atoms with Gasteiger partial charge in [-0.1, -0.05) is 41.5 Å². The summed E-state index contributed by atoms with van der Waals surface area (Å²) in [6, 6.07) is 0. The van der Waals surface area contributed by atoms with Crippen LogP contribution in [0, 0.1) is 22.2 Å². The molecule has 2 fully saturated rings. The van der Waals surface area contributed by atoms with Crippen molar-refractivity contribution in [3.63, 3.8) is 0 Å². The predicted octanol–water partition coefficient (Wildman–Crippen LogP) is 5.43. The molecule has 2 aliphatic carbocycles. The number of hydrogen-bond donors (Lipinski definition) is 2. The van der Waals surface area contributed by atoms with E-state index in [1.165, 1.54) is 19.3 Å². The number of esters is 1. The highest BCUT2D eigenvalue weighted by Crippen LogP contribution is 2.63. The van der Waals surface area contributed by atoms with E-state index >= 15 is 0 Å². The molecule has 5 heteroatoms. The van der Waals surface area contributed by atoms with E-state index in [0.29, 0.717) is 18.9 Å². The molecular formula is C27H53NO4. The Balaban J connectivity index is 0.00000249. The Hall–Kier alpha value is -0.650. The summed E-state index contributed by atoms with van der Waals surface area (Å²) in [5.74, 6) is 0.577. The lowest BCUT2D eigenvalue weighted by Gasteiger charge is -2.58. The van der Waals surface area contributed by atoms with Crippen LogP contribution in [0.15, 0.2) is 0 Å². The molecule has 0 aromatic heterocycles. The van der Waals surface area contributed by atoms with Gasteiger partial charge in [-0.2, -0.15) is 0 Å². The molecule has 0 radical (unpaired) electrons. The lowest BCUT2D eigenvalue weighted by molar-refractivity contribution is -0.145. The first kappa shape index (κ1) is 29.4. The average Bonchev–Trinajstić information content (AvgIpc) is 2.71. The van der Waals surface area contributed by atoms with Gasteiger partial charge in [-0.25, -0.2) is 0 Å². The fraction of sp³-hybridized carbons (Fsp3) is 0.963. The Bertz CT molecular complexity index is 536. The van der Waals surface area contributed by atoms with Crippen LogP contribution in [0.2, 0.25) is 0 Å². The van der Waals surface area contributed by atoms with Crippen LogP contribution in [0.25, 0.3) is 0 Å². The molecule has 0 aromatic rings.